The standard InChI is InChI=1S/C19H22N2O2S/c1-20(2)16-9-7-14(8-10-16)12-21-18(22)13-24-19(21)15-5-4-6-17(11-15)23-3/h4-11,19H,12-13H2,1-3H3. The Bertz CT molecular complexity index is 716. The molecular formula is C19H22N2O2S. The first-order valence-electron chi connectivity index (χ1n) is 7.90. The van der Waals surface area contributed by atoms with Crippen LogP contribution < -0.4 is 9.64 Å². The van der Waals surface area contributed by atoms with Crippen LogP contribution in [0.4, 0.5) is 5.69 Å². The van der Waals surface area contributed by atoms with Crippen molar-refractivity contribution in [3.05, 3.63) is 59.7 Å². The van der Waals surface area contributed by atoms with Crippen molar-refractivity contribution in [3.8, 4) is 5.75 Å². The molecule has 1 unspecified atom stereocenters. The summed E-state index contributed by atoms with van der Waals surface area (Å²) in [6.07, 6.45) is 0. The van der Waals surface area contributed by atoms with E-state index in [1.807, 2.05) is 37.2 Å². The molecule has 0 saturated carbocycles. The van der Waals surface area contributed by atoms with Gasteiger partial charge in [0.2, 0.25) is 5.91 Å². The van der Waals surface area contributed by atoms with Crippen molar-refractivity contribution in [2.24, 2.45) is 0 Å². The predicted molar refractivity (Wildman–Crippen MR) is 99.5 cm³/mol. The van der Waals surface area contributed by atoms with Crippen molar-refractivity contribution in [2.45, 2.75) is 11.9 Å². The highest BCUT2D eigenvalue weighted by molar-refractivity contribution is 8.00. The van der Waals surface area contributed by atoms with Crippen LogP contribution in [-0.2, 0) is 11.3 Å². The molecule has 1 amide bonds. The molecule has 0 bridgehead atoms. The first-order valence-corrected chi connectivity index (χ1v) is 8.94. The number of hydrogen-bond acceptors (Lipinski definition) is 4. The lowest BCUT2D eigenvalue weighted by Crippen LogP contribution is -2.27. The van der Waals surface area contributed by atoms with Crippen LogP contribution in [-0.4, -0.2) is 37.8 Å². The summed E-state index contributed by atoms with van der Waals surface area (Å²) in [6.45, 7) is 0.626. The van der Waals surface area contributed by atoms with E-state index in [2.05, 4.69) is 35.2 Å². The van der Waals surface area contributed by atoms with E-state index in [9.17, 15) is 4.79 Å². The van der Waals surface area contributed by atoms with Gasteiger partial charge in [-0.25, -0.2) is 0 Å². The summed E-state index contributed by atoms with van der Waals surface area (Å²) in [4.78, 5) is 16.4. The van der Waals surface area contributed by atoms with E-state index in [-0.39, 0.29) is 11.3 Å². The van der Waals surface area contributed by atoms with Crippen LogP contribution in [0, 0.1) is 0 Å². The lowest BCUT2D eigenvalue weighted by atomic mass is 10.1. The summed E-state index contributed by atoms with van der Waals surface area (Å²) >= 11 is 1.67. The molecule has 1 heterocycles. The summed E-state index contributed by atoms with van der Waals surface area (Å²) in [7, 11) is 5.71. The van der Waals surface area contributed by atoms with E-state index in [4.69, 9.17) is 4.74 Å². The zero-order valence-electron chi connectivity index (χ0n) is 14.2. The number of hydrogen-bond donors (Lipinski definition) is 0. The molecule has 2 aromatic carbocycles. The number of ether oxygens (including phenoxy) is 1. The van der Waals surface area contributed by atoms with Gasteiger partial charge in [0, 0.05) is 26.3 Å². The largest absolute Gasteiger partial charge is 0.497 e. The van der Waals surface area contributed by atoms with Crippen LogP contribution in [0.25, 0.3) is 0 Å². The van der Waals surface area contributed by atoms with E-state index in [0.717, 1.165) is 22.6 Å². The minimum atomic E-state index is 0.0427. The monoisotopic (exact) mass is 342 g/mol. The molecule has 0 spiro atoms. The molecule has 1 saturated heterocycles. The summed E-state index contributed by atoms with van der Waals surface area (Å²) in [5, 5.41) is 0.0427. The Labute approximate surface area is 147 Å². The fourth-order valence-electron chi connectivity index (χ4n) is 2.79. The van der Waals surface area contributed by atoms with Crippen LogP contribution in [0.3, 0.4) is 0 Å². The Balaban J connectivity index is 1.80. The van der Waals surface area contributed by atoms with E-state index >= 15 is 0 Å². The van der Waals surface area contributed by atoms with Crippen molar-refractivity contribution in [3.63, 3.8) is 0 Å². The molecule has 0 aromatic heterocycles. The van der Waals surface area contributed by atoms with Crippen molar-refractivity contribution >= 4 is 23.4 Å². The van der Waals surface area contributed by atoms with E-state index < -0.39 is 0 Å². The average Bonchev–Trinajstić information content (AvgIpc) is 2.96. The van der Waals surface area contributed by atoms with Crippen LogP contribution in [0.15, 0.2) is 48.5 Å². The van der Waals surface area contributed by atoms with Crippen LogP contribution in [0.1, 0.15) is 16.5 Å². The topological polar surface area (TPSA) is 32.8 Å². The Morgan fingerprint density at radius 2 is 1.96 bits per heavy atom. The number of amides is 1. The minimum absolute atomic E-state index is 0.0427. The van der Waals surface area contributed by atoms with Crippen molar-refractivity contribution in [1.82, 2.24) is 4.90 Å². The van der Waals surface area contributed by atoms with Crippen LogP contribution in [0.2, 0.25) is 0 Å². The summed E-state index contributed by atoms with van der Waals surface area (Å²) < 4.78 is 5.31. The molecule has 3 rings (SSSR count). The van der Waals surface area contributed by atoms with E-state index in [1.165, 1.54) is 0 Å². The highest BCUT2D eigenvalue weighted by atomic mass is 32.2. The summed E-state index contributed by atoms with van der Waals surface area (Å²) in [5.41, 5.74) is 3.41. The predicted octanol–water partition coefficient (Wildman–Crippen LogP) is 3.54. The number of rotatable bonds is 5. The van der Waals surface area contributed by atoms with Gasteiger partial charge in [0.1, 0.15) is 11.1 Å². The fraction of sp³-hybridized carbons (Fsp3) is 0.316. The number of carbonyl (C=O) groups is 1. The molecule has 1 aliphatic heterocycles. The van der Waals surface area contributed by atoms with Gasteiger partial charge < -0.3 is 14.5 Å². The zero-order valence-corrected chi connectivity index (χ0v) is 15.0. The molecule has 0 radical (unpaired) electrons. The number of nitrogens with zero attached hydrogens (tertiary/aromatic N) is 2. The van der Waals surface area contributed by atoms with Gasteiger partial charge in [0.15, 0.2) is 0 Å². The molecule has 24 heavy (non-hydrogen) atoms. The van der Waals surface area contributed by atoms with Crippen molar-refractivity contribution in [1.29, 1.82) is 0 Å². The average molecular weight is 342 g/mol. The van der Waals surface area contributed by atoms with Crippen molar-refractivity contribution in [2.75, 3.05) is 31.9 Å². The molecule has 5 heteroatoms. The third kappa shape index (κ3) is 3.51. The Hall–Kier alpha value is -2.14. The molecule has 0 aliphatic carbocycles. The maximum Gasteiger partial charge on any atom is 0.234 e. The maximum absolute atomic E-state index is 12.4. The second-order valence-electron chi connectivity index (χ2n) is 6.02. The maximum atomic E-state index is 12.4. The smallest absolute Gasteiger partial charge is 0.234 e. The normalized spacial score (nSPS) is 17.2. The Morgan fingerprint density at radius 1 is 1.21 bits per heavy atom. The van der Waals surface area contributed by atoms with Gasteiger partial charge in [-0.15, -0.1) is 11.8 Å². The van der Waals surface area contributed by atoms with E-state index in [0.29, 0.717) is 12.3 Å². The fourth-order valence-corrected chi connectivity index (χ4v) is 3.97. The van der Waals surface area contributed by atoms with Gasteiger partial charge in [-0.1, -0.05) is 24.3 Å². The highest BCUT2D eigenvalue weighted by Crippen LogP contribution is 2.40. The number of benzene rings is 2. The lowest BCUT2D eigenvalue weighted by Gasteiger charge is -2.25. The van der Waals surface area contributed by atoms with Crippen LogP contribution in [0.5, 0.6) is 5.75 Å². The zero-order chi connectivity index (χ0) is 17.1. The quantitative estimate of drug-likeness (QED) is 0.832. The molecule has 2 aromatic rings. The molecule has 1 aliphatic rings. The Kier molecular flexibility index (Phi) is 5.00. The number of thioether (sulfide) groups is 1. The lowest BCUT2D eigenvalue weighted by molar-refractivity contribution is -0.128. The third-order valence-corrected chi connectivity index (χ3v) is 5.41. The molecule has 1 atom stereocenters. The highest BCUT2D eigenvalue weighted by Gasteiger charge is 2.32. The number of carbonyl (C=O) groups excluding carboxylic acids is 1. The molecule has 4 nitrogen and oxygen atoms in total. The van der Waals surface area contributed by atoms with Gasteiger partial charge in [-0.2, -0.15) is 0 Å². The van der Waals surface area contributed by atoms with Crippen LogP contribution >= 0.6 is 11.8 Å². The van der Waals surface area contributed by atoms with Gasteiger partial charge >= 0.3 is 0 Å². The van der Waals surface area contributed by atoms with Gasteiger partial charge in [-0.05, 0) is 35.4 Å². The first-order chi connectivity index (χ1) is 11.6. The SMILES string of the molecule is COc1cccc(C2SCC(=O)N2Cc2ccc(N(C)C)cc2)c1. The summed E-state index contributed by atoms with van der Waals surface area (Å²) in [6, 6.07) is 16.3. The Morgan fingerprint density at radius 3 is 2.62 bits per heavy atom. The van der Waals surface area contributed by atoms with Crippen molar-refractivity contribution < 1.29 is 9.53 Å². The number of anilines is 1. The first kappa shape index (κ1) is 16.7. The number of methoxy groups -OCH3 is 1. The molecule has 0 N–H and O–H groups in total. The third-order valence-electron chi connectivity index (χ3n) is 4.15. The van der Waals surface area contributed by atoms with Gasteiger partial charge in [0.25, 0.3) is 0 Å². The minimum Gasteiger partial charge on any atom is -0.497 e. The second kappa shape index (κ2) is 7.18. The second-order valence-corrected chi connectivity index (χ2v) is 7.09. The molecule has 1 fully saturated rings. The van der Waals surface area contributed by atoms with Gasteiger partial charge in [0.05, 0.1) is 12.9 Å². The molecule has 126 valence electrons. The van der Waals surface area contributed by atoms with E-state index in [1.54, 1.807) is 18.9 Å². The summed E-state index contributed by atoms with van der Waals surface area (Å²) in [5.74, 6) is 1.53. The van der Waals surface area contributed by atoms with Gasteiger partial charge in [-0.3, -0.25) is 4.79 Å². The molecular weight excluding hydrogens is 320 g/mol.